The first kappa shape index (κ1) is 10.7. The lowest BCUT2D eigenvalue weighted by Crippen LogP contribution is -1.83. The van der Waals surface area contributed by atoms with Gasteiger partial charge >= 0.3 is 0 Å². The first-order valence-corrected chi connectivity index (χ1v) is 7.60. The van der Waals surface area contributed by atoms with E-state index in [1.165, 1.54) is 11.8 Å². The Morgan fingerprint density at radius 1 is 0.765 bits per heavy atom. The number of hydrogen-bond donors (Lipinski definition) is 0. The van der Waals surface area contributed by atoms with Crippen LogP contribution in [0.4, 0.5) is 0 Å². The first-order valence-electron chi connectivity index (χ1n) is 6.22. The zero-order valence-electron chi connectivity index (χ0n) is 10.9. The van der Waals surface area contributed by atoms with Crippen LogP contribution in [0.3, 0.4) is 0 Å². The number of rotatable bonds is 4. The lowest BCUT2D eigenvalue weighted by molar-refractivity contribution is 1.36. The number of benzene rings is 2. The standard InChI is InChI=1S/C14H12Br2S/c15-13-5-1-11(2-6-13)9-17-10-12-3-7-14(16)8-4-12/h1-8H,9-10H2/i9D,10D. The topological polar surface area (TPSA) is 0 Å². The van der Waals surface area contributed by atoms with Gasteiger partial charge in [0.2, 0.25) is 0 Å². The van der Waals surface area contributed by atoms with Gasteiger partial charge in [-0.25, -0.2) is 0 Å². The molecule has 0 nitrogen and oxygen atoms in total. The van der Waals surface area contributed by atoms with Gasteiger partial charge in [-0.2, -0.15) is 11.8 Å². The van der Waals surface area contributed by atoms with Crippen LogP contribution in [-0.4, -0.2) is 0 Å². The summed E-state index contributed by atoms with van der Waals surface area (Å²) in [5, 5.41) is 0. The summed E-state index contributed by atoms with van der Waals surface area (Å²) in [4.78, 5) is 0. The largest absolute Gasteiger partial charge is 0.152 e. The van der Waals surface area contributed by atoms with Crippen LogP contribution in [0.25, 0.3) is 0 Å². The molecule has 0 heterocycles. The second kappa shape index (κ2) is 6.62. The monoisotopic (exact) mass is 372 g/mol. The molecule has 0 bridgehead atoms. The summed E-state index contributed by atoms with van der Waals surface area (Å²) < 4.78 is 18.3. The minimum Gasteiger partial charge on any atom is -0.152 e. The smallest absolute Gasteiger partial charge is 0.0431 e. The van der Waals surface area contributed by atoms with Gasteiger partial charge in [0.1, 0.15) is 0 Å². The predicted octanol–water partition coefficient (Wildman–Crippen LogP) is 5.65. The van der Waals surface area contributed by atoms with Crippen molar-refractivity contribution in [3.05, 3.63) is 68.6 Å². The summed E-state index contributed by atoms with van der Waals surface area (Å²) >= 11 is 8.08. The molecule has 0 spiro atoms. The molecule has 17 heavy (non-hydrogen) atoms. The van der Waals surface area contributed by atoms with Crippen LogP contribution < -0.4 is 0 Å². The van der Waals surface area contributed by atoms with Crippen molar-refractivity contribution in [2.24, 2.45) is 0 Å². The zero-order chi connectivity index (χ0) is 13.8. The summed E-state index contributed by atoms with van der Waals surface area (Å²) in [7, 11) is 0. The van der Waals surface area contributed by atoms with E-state index < -0.39 is 11.5 Å². The fraction of sp³-hybridized carbons (Fsp3) is 0.143. The Bertz CT molecular complexity index is 479. The molecule has 0 amide bonds. The molecule has 0 aliphatic heterocycles. The highest BCUT2D eigenvalue weighted by Crippen LogP contribution is 2.20. The lowest BCUT2D eigenvalue weighted by Gasteiger charge is -2.03. The van der Waals surface area contributed by atoms with Crippen molar-refractivity contribution in [2.45, 2.75) is 11.5 Å². The molecule has 2 aromatic carbocycles. The van der Waals surface area contributed by atoms with Gasteiger partial charge in [-0.15, -0.1) is 0 Å². The van der Waals surface area contributed by atoms with Crippen LogP contribution >= 0.6 is 43.6 Å². The molecule has 0 aliphatic rings. The molecule has 0 fully saturated rings. The summed E-state index contributed by atoms with van der Waals surface area (Å²) in [6, 6.07) is 15.4. The van der Waals surface area contributed by atoms with E-state index in [0.29, 0.717) is 0 Å². The average Bonchev–Trinajstić information content (AvgIpc) is 2.40. The summed E-state index contributed by atoms with van der Waals surface area (Å²) in [5.41, 5.74) is 0.948. The normalized spacial score (nSPS) is 15.9. The molecular formula is C14H12Br2S. The Kier molecular flexibility index (Phi) is 4.15. The number of halogens is 2. The second-order valence-corrected chi connectivity index (χ2v) is 6.05. The van der Waals surface area contributed by atoms with Crippen molar-refractivity contribution in [3.8, 4) is 0 Å². The van der Waals surface area contributed by atoms with Gasteiger partial charge in [0.25, 0.3) is 0 Å². The van der Waals surface area contributed by atoms with E-state index in [9.17, 15) is 0 Å². The number of thioether (sulfide) groups is 1. The van der Waals surface area contributed by atoms with Gasteiger partial charge in [-0.1, -0.05) is 56.1 Å². The van der Waals surface area contributed by atoms with E-state index in [1.54, 1.807) is 0 Å². The van der Waals surface area contributed by atoms with E-state index in [-0.39, 0.29) is 0 Å². The first-order chi connectivity index (χ1) is 9.06. The molecule has 2 rings (SSSR count). The fourth-order valence-electron chi connectivity index (χ4n) is 1.27. The van der Waals surface area contributed by atoms with Gasteiger partial charge < -0.3 is 0 Å². The van der Waals surface area contributed by atoms with Gasteiger partial charge in [0, 0.05) is 23.1 Å². The predicted molar refractivity (Wildman–Crippen MR) is 83.3 cm³/mol. The van der Waals surface area contributed by atoms with Crippen molar-refractivity contribution in [3.63, 3.8) is 0 Å². The maximum Gasteiger partial charge on any atom is 0.0431 e. The minimum atomic E-state index is -0.445. The highest BCUT2D eigenvalue weighted by molar-refractivity contribution is 9.10. The molecule has 2 atom stereocenters. The quantitative estimate of drug-likeness (QED) is 0.667. The van der Waals surface area contributed by atoms with Gasteiger partial charge in [0.05, 0.1) is 0 Å². The SMILES string of the molecule is [2H]C(SC([2H])c1ccc(Br)cc1)c1ccc(Br)cc1. The third kappa shape index (κ3) is 4.49. The van der Waals surface area contributed by atoms with Crippen molar-refractivity contribution >= 4 is 43.6 Å². The van der Waals surface area contributed by atoms with E-state index in [1.807, 2.05) is 48.5 Å². The van der Waals surface area contributed by atoms with E-state index in [0.717, 1.165) is 20.1 Å². The molecule has 0 aromatic heterocycles. The van der Waals surface area contributed by atoms with Crippen molar-refractivity contribution in [2.75, 3.05) is 0 Å². The highest BCUT2D eigenvalue weighted by atomic mass is 79.9. The number of hydrogen-bond acceptors (Lipinski definition) is 1. The Labute approximate surface area is 126 Å². The molecule has 2 unspecified atom stereocenters. The van der Waals surface area contributed by atoms with E-state index in [4.69, 9.17) is 2.74 Å². The van der Waals surface area contributed by atoms with E-state index >= 15 is 0 Å². The maximum atomic E-state index is 8.12. The third-order valence-corrected chi connectivity index (χ3v) is 4.02. The third-order valence-electron chi connectivity index (χ3n) is 2.15. The Morgan fingerprint density at radius 3 is 1.47 bits per heavy atom. The Morgan fingerprint density at radius 2 is 1.12 bits per heavy atom. The zero-order valence-corrected chi connectivity index (χ0v) is 12.9. The van der Waals surface area contributed by atoms with Crippen molar-refractivity contribution < 1.29 is 2.74 Å². The van der Waals surface area contributed by atoms with Crippen LogP contribution in [0.1, 0.15) is 13.9 Å². The van der Waals surface area contributed by atoms with Crippen molar-refractivity contribution in [1.29, 1.82) is 0 Å². The van der Waals surface area contributed by atoms with Crippen LogP contribution in [-0.2, 0) is 11.5 Å². The summed E-state index contributed by atoms with van der Waals surface area (Å²) in [5.74, 6) is 0. The van der Waals surface area contributed by atoms with Crippen LogP contribution in [0.2, 0.25) is 0 Å². The van der Waals surface area contributed by atoms with Crippen LogP contribution in [0.15, 0.2) is 57.5 Å². The van der Waals surface area contributed by atoms with E-state index in [2.05, 4.69) is 31.9 Å². The minimum absolute atomic E-state index is 0.445. The Balaban J connectivity index is 2.03. The highest BCUT2D eigenvalue weighted by Gasteiger charge is 1.96. The van der Waals surface area contributed by atoms with Crippen LogP contribution in [0, 0.1) is 0 Å². The summed E-state index contributed by atoms with van der Waals surface area (Å²) in [6.07, 6.45) is 0. The molecule has 0 saturated carbocycles. The lowest BCUT2D eigenvalue weighted by atomic mass is 10.2. The molecular weight excluding hydrogens is 360 g/mol. The summed E-state index contributed by atoms with van der Waals surface area (Å²) in [6.45, 7) is 0. The molecule has 0 radical (unpaired) electrons. The molecule has 2 aromatic rings. The molecule has 0 saturated heterocycles. The van der Waals surface area contributed by atoms with Crippen LogP contribution in [0.5, 0.6) is 0 Å². The average molecular weight is 374 g/mol. The molecule has 0 aliphatic carbocycles. The second-order valence-electron chi connectivity index (χ2n) is 3.47. The van der Waals surface area contributed by atoms with Gasteiger partial charge in [-0.3, -0.25) is 0 Å². The molecule has 0 N–H and O–H groups in total. The Hall–Kier alpha value is -0.250. The molecule has 88 valence electrons. The maximum absolute atomic E-state index is 8.12. The van der Waals surface area contributed by atoms with Crippen molar-refractivity contribution in [1.82, 2.24) is 0 Å². The fourth-order valence-corrected chi connectivity index (χ4v) is 2.50. The van der Waals surface area contributed by atoms with Gasteiger partial charge in [-0.05, 0) is 35.4 Å². The van der Waals surface area contributed by atoms with Gasteiger partial charge in [0.15, 0.2) is 0 Å². The molecule has 3 heteroatoms.